The molecule has 0 fully saturated rings. The predicted molar refractivity (Wildman–Crippen MR) is 98.8 cm³/mol. The predicted octanol–water partition coefficient (Wildman–Crippen LogP) is 7.80. The van der Waals surface area contributed by atoms with Gasteiger partial charge in [-0.1, -0.05) is 0 Å². The minimum Gasteiger partial charge on any atom is -0.142 e. The van der Waals surface area contributed by atoms with Crippen LogP contribution >= 0.6 is 81.8 Å². The molecule has 0 amide bonds. The summed E-state index contributed by atoms with van der Waals surface area (Å²) in [4.78, 5) is 5.24. The second-order valence-corrected chi connectivity index (χ2v) is 9.25. The van der Waals surface area contributed by atoms with Gasteiger partial charge in [-0.2, -0.15) is 0 Å². The van der Waals surface area contributed by atoms with Crippen LogP contribution in [0.1, 0.15) is 5.56 Å². The highest BCUT2D eigenvalue weighted by Gasteiger charge is 2.20. The molecule has 3 heterocycles. The van der Waals surface area contributed by atoms with Gasteiger partial charge in [-0.25, -0.2) is 0 Å². The number of rotatable bonds is 2. The van der Waals surface area contributed by atoms with Crippen molar-refractivity contribution in [3.05, 3.63) is 41.9 Å². The van der Waals surface area contributed by atoms with E-state index in [1.165, 1.54) is 34.0 Å². The van der Waals surface area contributed by atoms with E-state index in [4.69, 9.17) is 0 Å². The molecule has 3 aromatic rings. The van der Waals surface area contributed by atoms with E-state index >= 15 is 0 Å². The molecular formula is C13H7Br3S3. The second-order valence-electron chi connectivity index (χ2n) is 3.89. The lowest BCUT2D eigenvalue weighted by molar-refractivity contribution is 1.51. The summed E-state index contributed by atoms with van der Waals surface area (Å²) >= 11 is 16.4. The van der Waals surface area contributed by atoms with Crippen LogP contribution in [0.4, 0.5) is 0 Å². The molecule has 0 atom stereocenters. The fraction of sp³-hybridized carbons (Fsp3) is 0.0769. The van der Waals surface area contributed by atoms with Gasteiger partial charge in [0.1, 0.15) is 0 Å². The average molecular weight is 499 g/mol. The summed E-state index contributed by atoms with van der Waals surface area (Å²) in [5.74, 6) is 0. The highest BCUT2D eigenvalue weighted by atomic mass is 79.9. The molecular weight excluding hydrogens is 492 g/mol. The van der Waals surface area contributed by atoms with E-state index in [9.17, 15) is 0 Å². The lowest BCUT2D eigenvalue weighted by Crippen LogP contribution is -1.72. The summed E-state index contributed by atoms with van der Waals surface area (Å²) in [6.07, 6.45) is 0. The van der Waals surface area contributed by atoms with Crippen LogP contribution in [0.2, 0.25) is 0 Å². The van der Waals surface area contributed by atoms with Crippen molar-refractivity contribution in [3.8, 4) is 19.5 Å². The van der Waals surface area contributed by atoms with Crippen LogP contribution in [-0.4, -0.2) is 0 Å². The molecule has 0 saturated carbocycles. The Kier molecular flexibility index (Phi) is 4.37. The van der Waals surface area contributed by atoms with Gasteiger partial charge in [-0.05, 0) is 83.2 Å². The molecule has 0 aliphatic carbocycles. The lowest BCUT2D eigenvalue weighted by Gasteiger charge is -1.96. The molecule has 0 radical (unpaired) electrons. The smallest absolute Gasteiger partial charge is 0.0605 e. The number of hydrogen-bond donors (Lipinski definition) is 0. The molecule has 0 N–H and O–H groups in total. The molecule has 6 heteroatoms. The third kappa shape index (κ3) is 2.56. The van der Waals surface area contributed by atoms with Crippen molar-refractivity contribution in [2.24, 2.45) is 0 Å². The molecule has 3 rings (SSSR count). The van der Waals surface area contributed by atoms with E-state index in [2.05, 4.69) is 77.6 Å². The third-order valence-corrected chi connectivity index (χ3v) is 9.27. The van der Waals surface area contributed by atoms with Crippen molar-refractivity contribution in [2.75, 3.05) is 0 Å². The molecule has 0 aliphatic rings. The molecule has 0 unspecified atom stereocenters. The molecule has 0 saturated heterocycles. The quantitative estimate of drug-likeness (QED) is 0.338. The first-order valence-corrected chi connectivity index (χ1v) is 10.3. The van der Waals surface area contributed by atoms with Gasteiger partial charge in [0.05, 0.1) is 19.5 Å². The topological polar surface area (TPSA) is 0 Å². The van der Waals surface area contributed by atoms with Gasteiger partial charge >= 0.3 is 0 Å². The average Bonchev–Trinajstić information content (AvgIpc) is 3.04. The Hall–Kier alpha value is 0.540. The minimum absolute atomic E-state index is 1.16. The third-order valence-electron chi connectivity index (χ3n) is 2.72. The first kappa shape index (κ1) is 14.5. The van der Waals surface area contributed by atoms with Crippen molar-refractivity contribution >= 4 is 81.8 Å². The summed E-state index contributed by atoms with van der Waals surface area (Å²) in [7, 11) is 0. The molecule has 0 spiro atoms. The summed E-state index contributed by atoms with van der Waals surface area (Å²) in [6.45, 7) is 2.17. The zero-order valence-corrected chi connectivity index (χ0v) is 16.9. The Morgan fingerprint density at radius 3 is 1.79 bits per heavy atom. The fourth-order valence-electron chi connectivity index (χ4n) is 1.77. The Labute approximate surface area is 148 Å². The van der Waals surface area contributed by atoms with Crippen molar-refractivity contribution in [3.63, 3.8) is 0 Å². The van der Waals surface area contributed by atoms with E-state index in [1.807, 2.05) is 11.3 Å². The highest BCUT2D eigenvalue weighted by molar-refractivity contribution is 9.11. The van der Waals surface area contributed by atoms with E-state index in [1.54, 1.807) is 22.7 Å². The number of halogens is 3. The lowest BCUT2D eigenvalue weighted by atomic mass is 10.2. The Morgan fingerprint density at radius 1 is 0.789 bits per heavy atom. The van der Waals surface area contributed by atoms with Crippen LogP contribution in [0.3, 0.4) is 0 Å². The van der Waals surface area contributed by atoms with Gasteiger partial charge in [-0.3, -0.25) is 0 Å². The summed E-state index contributed by atoms with van der Waals surface area (Å²) in [5.41, 5.74) is 1.31. The zero-order valence-electron chi connectivity index (χ0n) is 9.67. The van der Waals surface area contributed by atoms with E-state index < -0.39 is 0 Å². The van der Waals surface area contributed by atoms with Crippen molar-refractivity contribution in [2.45, 2.75) is 6.92 Å². The van der Waals surface area contributed by atoms with Crippen molar-refractivity contribution in [1.82, 2.24) is 0 Å². The monoisotopic (exact) mass is 496 g/mol. The molecule has 0 aliphatic heterocycles. The Bertz CT molecular complexity index is 675. The van der Waals surface area contributed by atoms with E-state index in [-0.39, 0.29) is 0 Å². The van der Waals surface area contributed by atoms with Gasteiger partial charge in [-0.15, -0.1) is 34.0 Å². The standard InChI is InChI=1S/C13H7Br3S3/c1-6-9(16)13(12-8(15)3-5-18-12)19-10(6)11-7(14)2-4-17-11/h2-5H,1H3. The summed E-state index contributed by atoms with van der Waals surface area (Å²) in [6, 6.07) is 4.20. The van der Waals surface area contributed by atoms with Gasteiger partial charge in [0.2, 0.25) is 0 Å². The molecule has 0 aromatic carbocycles. The Morgan fingerprint density at radius 2 is 1.32 bits per heavy atom. The number of hydrogen-bond acceptors (Lipinski definition) is 3. The summed E-state index contributed by atoms with van der Waals surface area (Å²) in [5, 5.41) is 4.23. The maximum absolute atomic E-state index is 3.75. The van der Waals surface area contributed by atoms with Gasteiger partial charge in [0.25, 0.3) is 0 Å². The molecule has 0 bridgehead atoms. The van der Waals surface area contributed by atoms with Crippen LogP contribution in [0, 0.1) is 6.92 Å². The summed E-state index contributed by atoms with van der Waals surface area (Å²) < 4.78 is 3.54. The van der Waals surface area contributed by atoms with Crippen molar-refractivity contribution < 1.29 is 0 Å². The first-order valence-electron chi connectivity index (χ1n) is 5.35. The maximum Gasteiger partial charge on any atom is 0.0605 e. The normalized spacial score (nSPS) is 11.2. The van der Waals surface area contributed by atoms with E-state index in [0.29, 0.717) is 0 Å². The zero-order chi connectivity index (χ0) is 13.6. The highest BCUT2D eigenvalue weighted by Crippen LogP contribution is 2.50. The SMILES string of the molecule is Cc1c(-c2sccc2Br)sc(-c2sccc2Br)c1Br. The van der Waals surface area contributed by atoms with Crippen LogP contribution in [0.15, 0.2) is 36.3 Å². The van der Waals surface area contributed by atoms with Crippen LogP contribution < -0.4 is 0 Å². The largest absolute Gasteiger partial charge is 0.142 e. The fourth-order valence-corrected chi connectivity index (χ4v) is 7.66. The first-order chi connectivity index (χ1) is 9.09. The minimum atomic E-state index is 1.16. The van der Waals surface area contributed by atoms with Gasteiger partial charge in [0, 0.05) is 13.4 Å². The van der Waals surface area contributed by atoms with E-state index in [0.717, 1.165) is 4.47 Å². The van der Waals surface area contributed by atoms with Gasteiger partial charge < -0.3 is 0 Å². The molecule has 3 aromatic heterocycles. The van der Waals surface area contributed by atoms with Gasteiger partial charge in [0.15, 0.2) is 0 Å². The van der Waals surface area contributed by atoms with Crippen molar-refractivity contribution in [1.29, 1.82) is 0 Å². The van der Waals surface area contributed by atoms with Crippen LogP contribution in [0.5, 0.6) is 0 Å². The van der Waals surface area contributed by atoms with Crippen LogP contribution in [-0.2, 0) is 0 Å². The molecule has 98 valence electrons. The maximum atomic E-state index is 3.75. The second kappa shape index (κ2) is 5.73. The Balaban J connectivity index is 2.21. The van der Waals surface area contributed by atoms with Crippen LogP contribution in [0.25, 0.3) is 19.5 Å². The molecule has 19 heavy (non-hydrogen) atoms. The number of thiophene rings is 3. The molecule has 0 nitrogen and oxygen atoms in total.